The summed E-state index contributed by atoms with van der Waals surface area (Å²) < 4.78 is 7.12. The fourth-order valence-corrected chi connectivity index (χ4v) is 3.13. The van der Waals surface area contributed by atoms with E-state index in [9.17, 15) is 14.9 Å². The summed E-state index contributed by atoms with van der Waals surface area (Å²) in [6.07, 6.45) is 0.170. The zero-order valence-electron chi connectivity index (χ0n) is 16.4. The van der Waals surface area contributed by atoms with Crippen LogP contribution in [0, 0.1) is 11.3 Å². The maximum atomic E-state index is 12.8. The van der Waals surface area contributed by atoms with Gasteiger partial charge in [0, 0.05) is 31.3 Å². The van der Waals surface area contributed by atoms with Crippen LogP contribution in [0.4, 0.5) is 10.5 Å². The number of carbonyl (C=O) groups excluding carboxylic acids is 2. The first-order valence-corrected chi connectivity index (χ1v) is 9.03. The van der Waals surface area contributed by atoms with Crippen molar-refractivity contribution in [2.45, 2.75) is 39.3 Å². The van der Waals surface area contributed by atoms with Crippen molar-refractivity contribution in [1.29, 1.82) is 5.26 Å². The first-order chi connectivity index (χ1) is 13.2. The van der Waals surface area contributed by atoms with Gasteiger partial charge < -0.3 is 15.0 Å². The van der Waals surface area contributed by atoms with Gasteiger partial charge in [0.25, 0.3) is 5.91 Å². The van der Waals surface area contributed by atoms with Crippen LogP contribution >= 0.6 is 0 Å². The number of aromatic nitrogens is 2. The molecule has 1 aliphatic heterocycles. The molecule has 28 heavy (non-hydrogen) atoms. The van der Waals surface area contributed by atoms with Gasteiger partial charge in [-0.1, -0.05) is 12.1 Å². The van der Waals surface area contributed by atoms with Crippen molar-refractivity contribution >= 4 is 17.7 Å². The van der Waals surface area contributed by atoms with E-state index >= 15 is 0 Å². The number of nitrogens with zero attached hydrogens (tertiary/aromatic N) is 4. The lowest BCUT2D eigenvalue weighted by atomic mass is 10.0. The fraction of sp³-hybridized carbons (Fsp3) is 0.400. The van der Waals surface area contributed by atoms with Crippen LogP contribution in [-0.4, -0.2) is 38.8 Å². The van der Waals surface area contributed by atoms with Crippen molar-refractivity contribution in [2.75, 3.05) is 11.9 Å². The number of hydrogen-bond donors (Lipinski definition) is 1. The molecule has 1 N–H and O–H groups in total. The highest BCUT2D eigenvalue weighted by Gasteiger charge is 2.31. The summed E-state index contributed by atoms with van der Waals surface area (Å²) in [5, 5.41) is 16.3. The number of ether oxygens (including phenoxy) is 1. The van der Waals surface area contributed by atoms with Gasteiger partial charge >= 0.3 is 6.09 Å². The van der Waals surface area contributed by atoms with Crippen LogP contribution in [0.5, 0.6) is 0 Å². The maximum Gasteiger partial charge on any atom is 0.410 e. The van der Waals surface area contributed by atoms with Crippen molar-refractivity contribution in [2.24, 2.45) is 7.05 Å². The van der Waals surface area contributed by atoms with Gasteiger partial charge in [-0.15, -0.1) is 0 Å². The summed E-state index contributed by atoms with van der Waals surface area (Å²) in [4.78, 5) is 26.8. The summed E-state index contributed by atoms with van der Waals surface area (Å²) in [6, 6.07) is 8.83. The van der Waals surface area contributed by atoms with Gasteiger partial charge in [0.1, 0.15) is 11.7 Å². The van der Waals surface area contributed by atoms with Gasteiger partial charge in [0.05, 0.1) is 17.8 Å². The Morgan fingerprint density at radius 3 is 2.68 bits per heavy atom. The molecule has 2 heterocycles. The normalized spacial score (nSPS) is 13.5. The van der Waals surface area contributed by atoms with E-state index in [4.69, 9.17) is 4.74 Å². The van der Waals surface area contributed by atoms with Crippen LogP contribution in [0.3, 0.4) is 0 Å². The van der Waals surface area contributed by atoms with Gasteiger partial charge in [-0.3, -0.25) is 9.48 Å². The second kappa shape index (κ2) is 7.35. The fourth-order valence-electron chi connectivity index (χ4n) is 3.13. The lowest BCUT2D eigenvalue weighted by Gasteiger charge is -2.30. The average Bonchev–Trinajstić information content (AvgIpc) is 2.97. The number of aryl methyl sites for hydroxylation is 1. The Labute approximate surface area is 163 Å². The minimum absolute atomic E-state index is 0.249. The van der Waals surface area contributed by atoms with Crippen LogP contribution in [-0.2, 0) is 24.8 Å². The van der Waals surface area contributed by atoms with Gasteiger partial charge in [0.15, 0.2) is 5.69 Å². The lowest BCUT2D eigenvalue weighted by molar-refractivity contribution is 0.0222. The molecule has 0 aliphatic carbocycles. The standard InChI is InChI=1S/C20H23N5O3/c1-20(2,3)28-19(27)25-10-9-16-14(12-25)17(23-24(16)4)18(26)22-15-8-6-5-7-13(15)11-21/h5-8H,9-10,12H2,1-4H3,(H,22,26). The van der Waals surface area contributed by atoms with Crippen molar-refractivity contribution in [3.63, 3.8) is 0 Å². The number of benzene rings is 1. The zero-order valence-corrected chi connectivity index (χ0v) is 16.4. The minimum Gasteiger partial charge on any atom is -0.444 e. The van der Waals surface area contributed by atoms with Crippen molar-refractivity contribution in [3.05, 3.63) is 46.8 Å². The van der Waals surface area contributed by atoms with Crippen LogP contribution in [0.15, 0.2) is 24.3 Å². The molecule has 0 unspecified atom stereocenters. The highest BCUT2D eigenvalue weighted by atomic mass is 16.6. The molecule has 0 saturated heterocycles. The number of para-hydroxylation sites is 1. The van der Waals surface area contributed by atoms with E-state index in [0.29, 0.717) is 29.8 Å². The summed E-state index contributed by atoms with van der Waals surface area (Å²) in [5.41, 5.74) is 2.07. The topological polar surface area (TPSA) is 100 Å². The number of nitrogens with one attached hydrogen (secondary N) is 1. The predicted octanol–water partition coefficient (Wildman–Crippen LogP) is 2.84. The van der Waals surface area contributed by atoms with E-state index in [0.717, 1.165) is 5.69 Å². The lowest BCUT2D eigenvalue weighted by Crippen LogP contribution is -2.40. The molecule has 0 radical (unpaired) electrons. The van der Waals surface area contributed by atoms with Gasteiger partial charge in [-0.2, -0.15) is 10.4 Å². The highest BCUT2D eigenvalue weighted by molar-refractivity contribution is 6.04. The quantitative estimate of drug-likeness (QED) is 0.862. The van der Waals surface area contributed by atoms with E-state index in [-0.39, 0.29) is 12.2 Å². The molecule has 1 aromatic carbocycles. The molecular weight excluding hydrogens is 358 g/mol. The molecule has 2 aromatic rings. The van der Waals surface area contributed by atoms with Gasteiger partial charge in [-0.05, 0) is 32.9 Å². The Morgan fingerprint density at radius 2 is 2.00 bits per heavy atom. The first kappa shape index (κ1) is 19.4. The summed E-state index contributed by atoms with van der Waals surface area (Å²) >= 11 is 0. The molecule has 1 aliphatic rings. The second-order valence-electron chi connectivity index (χ2n) is 7.66. The first-order valence-electron chi connectivity index (χ1n) is 9.03. The maximum absolute atomic E-state index is 12.8. The summed E-state index contributed by atoms with van der Waals surface area (Å²) in [7, 11) is 1.78. The molecule has 2 amide bonds. The van der Waals surface area contributed by atoms with Crippen LogP contribution in [0.1, 0.15) is 48.1 Å². The monoisotopic (exact) mass is 381 g/mol. The van der Waals surface area contributed by atoms with E-state index in [1.165, 1.54) is 0 Å². The number of rotatable bonds is 2. The van der Waals surface area contributed by atoms with Crippen LogP contribution < -0.4 is 5.32 Å². The molecule has 0 atom stereocenters. The summed E-state index contributed by atoms with van der Waals surface area (Å²) in [6.45, 7) is 6.20. The van der Waals surface area contributed by atoms with Crippen molar-refractivity contribution < 1.29 is 14.3 Å². The largest absolute Gasteiger partial charge is 0.444 e. The highest BCUT2D eigenvalue weighted by Crippen LogP contribution is 2.25. The van der Waals surface area contributed by atoms with E-state index in [1.54, 1.807) is 40.9 Å². The smallest absolute Gasteiger partial charge is 0.410 e. The average molecular weight is 381 g/mol. The molecule has 0 spiro atoms. The van der Waals surface area contributed by atoms with Gasteiger partial charge in [0.2, 0.25) is 0 Å². The third kappa shape index (κ3) is 3.98. The molecule has 8 nitrogen and oxygen atoms in total. The van der Waals surface area contributed by atoms with Crippen LogP contribution in [0.25, 0.3) is 0 Å². The van der Waals surface area contributed by atoms with Crippen LogP contribution in [0.2, 0.25) is 0 Å². The summed E-state index contributed by atoms with van der Waals surface area (Å²) in [5.74, 6) is -0.411. The Bertz CT molecular complexity index is 965. The SMILES string of the molecule is Cn1nc(C(=O)Nc2ccccc2C#N)c2c1CCN(C(=O)OC(C)(C)C)C2. The molecule has 146 valence electrons. The number of hydrogen-bond acceptors (Lipinski definition) is 5. The third-order valence-corrected chi connectivity index (χ3v) is 4.40. The molecule has 0 saturated carbocycles. The molecular formula is C20H23N5O3. The Morgan fingerprint density at radius 1 is 1.29 bits per heavy atom. The number of fused-ring (bicyclic) bond motifs is 1. The van der Waals surface area contributed by atoms with Crippen molar-refractivity contribution in [1.82, 2.24) is 14.7 Å². The number of carbonyl (C=O) groups is 2. The van der Waals surface area contributed by atoms with Crippen molar-refractivity contribution in [3.8, 4) is 6.07 Å². The second-order valence-corrected chi connectivity index (χ2v) is 7.66. The Hall–Kier alpha value is -3.34. The molecule has 8 heteroatoms. The molecule has 0 bridgehead atoms. The Balaban J connectivity index is 1.84. The number of anilines is 1. The third-order valence-electron chi connectivity index (χ3n) is 4.40. The predicted molar refractivity (Wildman–Crippen MR) is 103 cm³/mol. The van der Waals surface area contributed by atoms with E-state index < -0.39 is 17.6 Å². The number of amides is 2. The Kier molecular flexibility index (Phi) is 5.10. The zero-order chi connectivity index (χ0) is 20.5. The van der Waals surface area contributed by atoms with Gasteiger partial charge in [-0.25, -0.2) is 4.79 Å². The van der Waals surface area contributed by atoms with E-state index in [1.807, 2.05) is 20.8 Å². The molecule has 0 fully saturated rings. The molecule has 1 aromatic heterocycles. The van der Waals surface area contributed by atoms with E-state index in [2.05, 4.69) is 16.5 Å². The number of nitriles is 1. The minimum atomic E-state index is -0.590. The molecule has 3 rings (SSSR count).